The number of hydrogen-bond acceptors (Lipinski definition) is 5. The first kappa shape index (κ1) is 20.8. The molecule has 4 heterocycles. The van der Waals surface area contributed by atoms with E-state index in [1.807, 2.05) is 0 Å². The predicted octanol–water partition coefficient (Wildman–Crippen LogP) is 3.55. The molecule has 3 aromatic heterocycles. The van der Waals surface area contributed by atoms with Crippen molar-refractivity contribution in [2.45, 2.75) is 32.1 Å². The molecule has 0 aliphatic carbocycles. The summed E-state index contributed by atoms with van der Waals surface area (Å²) in [6.07, 6.45) is -2.71. The maximum absolute atomic E-state index is 13.9. The van der Waals surface area contributed by atoms with Crippen LogP contribution in [0.25, 0.3) is 16.9 Å². The number of pyridine rings is 1. The van der Waals surface area contributed by atoms with E-state index in [1.165, 1.54) is 4.90 Å². The largest absolute Gasteiger partial charge is 0.465 e. The van der Waals surface area contributed by atoms with Crippen LogP contribution in [0.4, 0.5) is 28.2 Å². The Bertz CT molecular complexity index is 1150. The van der Waals surface area contributed by atoms with Crippen molar-refractivity contribution >= 4 is 22.9 Å². The number of rotatable bonds is 2. The van der Waals surface area contributed by atoms with Gasteiger partial charge in [-0.25, -0.2) is 24.1 Å². The van der Waals surface area contributed by atoms with E-state index in [1.54, 1.807) is 18.7 Å². The predicted molar refractivity (Wildman–Crippen MR) is 103 cm³/mol. The zero-order chi connectivity index (χ0) is 22.5. The summed E-state index contributed by atoms with van der Waals surface area (Å²) in [7, 11) is 0. The van der Waals surface area contributed by atoms with E-state index in [0.717, 1.165) is 35.4 Å². The second-order valence-electron chi connectivity index (χ2n) is 7.42. The minimum Gasteiger partial charge on any atom is -0.465 e. The van der Waals surface area contributed by atoms with Gasteiger partial charge in [-0.15, -0.1) is 0 Å². The molecule has 8 nitrogen and oxygen atoms in total. The zero-order valence-electron chi connectivity index (χ0n) is 16.5. The number of anilines is 1. The number of piperazine rings is 1. The Morgan fingerprint density at radius 3 is 2.55 bits per heavy atom. The van der Waals surface area contributed by atoms with E-state index in [0.29, 0.717) is 0 Å². The van der Waals surface area contributed by atoms with Crippen molar-refractivity contribution in [3.05, 3.63) is 42.2 Å². The number of carboxylic acid groups (broad SMARTS) is 1. The third-order valence-electron chi connectivity index (χ3n) is 5.33. The molecule has 1 aliphatic heterocycles. The number of halogens is 4. The fourth-order valence-electron chi connectivity index (χ4n) is 3.87. The molecule has 1 aliphatic rings. The van der Waals surface area contributed by atoms with Crippen molar-refractivity contribution < 1.29 is 27.5 Å². The topological polar surface area (TPSA) is 87.4 Å². The SMILES string of the molecule is CC1CN(C(=O)O)[C@@H](C)CN1c1ncnc2c1c(C(F)(F)F)cn2-c1cc(F)ccn1. The highest BCUT2D eigenvalue weighted by Crippen LogP contribution is 2.40. The molecule has 31 heavy (non-hydrogen) atoms. The molecule has 12 heteroatoms. The van der Waals surface area contributed by atoms with E-state index < -0.39 is 35.7 Å². The van der Waals surface area contributed by atoms with E-state index in [2.05, 4.69) is 15.0 Å². The first-order valence-electron chi connectivity index (χ1n) is 9.39. The second kappa shape index (κ2) is 7.36. The molecule has 1 N–H and O–H groups in total. The fraction of sp³-hybridized carbons (Fsp3) is 0.368. The maximum Gasteiger partial charge on any atom is 0.418 e. The van der Waals surface area contributed by atoms with Crippen LogP contribution in [0.15, 0.2) is 30.9 Å². The molecule has 4 rings (SSSR count). The zero-order valence-corrected chi connectivity index (χ0v) is 16.5. The van der Waals surface area contributed by atoms with Crippen LogP contribution < -0.4 is 4.90 Å². The summed E-state index contributed by atoms with van der Waals surface area (Å²) >= 11 is 0. The quantitative estimate of drug-likeness (QED) is 0.616. The van der Waals surface area contributed by atoms with Crippen LogP contribution in [-0.2, 0) is 6.18 Å². The number of fused-ring (bicyclic) bond motifs is 1. The van der Waals surface area contributed by atoms with Crippen molar-refractivity contribution in [3.8, 4) is 5.82 Å². The van der Waals surface area contributed by atoms with Crippen molar-refractivity contribution in [2.75, 3.05) is 18.0 Å². The van der Waals surface area contributed by atoms with Gasteiger partial charge < -0.3 is 14.9 Å². The van der Waals surface area contributed by atoms with Crippen LogP contribution in [0.5, 0.6) is 0 Å². The number of carbonyl (C=O) groups is 1. The van der Waals surface area contributed by atoms with E-state index in [4.69, 9.17) is 0 Å². The lowest BCUT2D eigenvalue weighted by Gasteiger charge is -2.43. The van der Waals surface area contributed by atoms with E-state index >= 15 is 0 Å². The Labute approximate surface area is 173 Å². The minimum atomic E-state index is -4.73. The summed E-state index contributed by atoms with van der Waals surface area (Å²) in [5, 5.41) is 9.10. The van der Waals surface area contributed by atoms with Crippen LogP contribution in [0.3, 0.4) is 0 Å². The Balaban J connectivity index is 1.91. The Morgan fingerprint density at radius 2 is 1.90 bits per heavy atom. The lowest BCUT2D eigenvalue weighted by molar-refractivity contribution is -0.136. The Hall–Kier alpha value is -3.44. The molecule has 0 radical (unpaired) electrons. The monoisotopic (exact) mass is 438 g/mol. The van der Waals surface area contributed by atoms with Crippen LogP contribution in [-0.4, -0.2) is 60.8 Å². The van der Waals surface area contributed by atoms with Crippen LogP contribution in [0.1, 0.15) is 19.4 Å². The first-order chi connectivity index (χ1) is 14.6. The molecule has 0 aromatic carbocycles. The highest BCUT2D eigenvalue weighted by Gasteiger charge is 2.40. The van der Waals surface area contributed by atoms with Crippen LogP contribution >= 0.6 is 0 Å². The molecular formula is C19H18F4N6O2. The highest BCUT2D eigenvalue weighted by atomic mass is 19.4. The van der Waals surface area contributed by atoms with Gasteiger partial charge in [0.05, 0.1) is 10.9 Å². The minimum absolute atomic E-state index is 0.0388. The standard InChI is InChI=1S/C19H18F4N6O2/c1-10-7-28(18(30)31)11(2)6-27(10)16-15-13(19(21,22)23)8-29(17(15)26-9-25-16)14-5-12(20)3-4-24-14/h3-5,8-11H,6-7H2,1-2H3,(H,30,31)/t10?,11-/m0/s1. The molecular weight excluding hydrogens is 420 g/mol. The van der Waals surface area contributed by atoms with Gasteiger partial charge in [0, 0.05) is 43.6 Å². The summed E-state index contributed by atoms with van der Waals surface area (Å²) in [4.78, 5) is 26.4. The highest BCUT2D eigenvalue weighted by molar-refractivity contribution is 5.93. The number of amides is 1. The Kier molecular flexibility index (Phi) is 4.94. The van der Waals surface area contributed by atoms with Crippen molar-refractivity contribution in [2.24, 2.45) is 0 Å². The first-order valence-corrected chi connectivity index (χ1v) is 9.39. The summed E-state index contributed by atoms with van der Waals surface area (Å²) in [5.41, 5.74) is -1.05. The van der Waals surface area contributed by atoms with Gasteiger partial charge in [0.1, 0.15) is 23.8 Å². The normalized spacial score (nSPS) is 19.8. The summed E-state index contributed by atoms with van der Waals surface area (Å²) in [6, 6.07) is 1.21. The van der Waals surface area contributed by atoms with Crippen LogP contribution in [0.2, 0.25) is 0 Å². The van der Waals surface area contributed by atoms with Gasteiger partial charge in [-0.2, -0.15) is 13.2 Å². The molecule has 3 aromatic rings. The third kappa shape index (κ3) is 3.62. The van der Waals surface area contributed by atoms with Gasteiger partial charge in [-0.05, 0) is 19.9 Å². The summed E-state index contributed by atoms with van der Waals surface area (Å²) in [5.74, 6) is -0.666. The molecule has 0 saturated carbocycles. The molecule has 1 saturated heterocycles. The third-order valence-corrected chi connectivity index (χ3v) is 5.33. The van der Waals surface area contributed by atoms with E-state index in [-0.39, 0.29) is 35.8 Å². The van der Waals surface area contributed by atoms with Crippen LogP contribution in [0, 0.1) is 5.82 Å². The summed E-state index contributed by atoms with van der Waals surface area (Å²) in [6.45, 7) is 3.65. The molecule has 1 unspecified atom stereocenters. The molecule has 1 fully saturated rings. The number of alkyl halides is 3. The van der Waals surface area contributed by atoms with Gasteiger partial charge >= 0.3 is 12.3 Å². The second-order valence-corrected chi connectivity index (χ2v) is 7.42. The van der Waals surface area contributed by atoms with Gasteiger partial charge in [0.2, 0.25) is 0 Å². The van der Waals surface area contributed by atoms with Gasteiger partial charge in [-0.3, -0.25) is 4.57 Å². The van der Waals surface area contributed by atoms with Gasteiger partial charge in [0.15, 0.2) is 5.65 Å². The maximum atomic E-state index is 13.9. The van der Waals surface area contributed by atoms with Crippen molar-refractivity contribution in [1.82, 2.24) is 24.4 Å². The molecule has 164 valence electrons. The number of hydrogen-bond donors (Lipinski definition) is 1. The Morgan fingerprint density at radius 1 is 1.16 bits per heavy atom. The lowest BCUT2D eigenvalue weighted by atomic mass is 10.1. The average Bonchev–Trinajstić information content (AvgIpc) is 3.09. The molecule has 0 bridgehead atoms. The number of nitrogens with zero attached hydrogens (tertiary/aromatic N) is 6. The van der Waals surface area contributed by atoms with Gasteiger partial charge in [0.25, 0.3) is 0 Å². The van der Waals surface area contributed by atoms with E-state index in [9.17, 15) is 27.5 Å². The summed E-state index contributed by atoms with van der Waals surface area (Å²) < 4.78 is 56.6. The lowest BCUT2D eigenvalue weighted by Crippen LogP contribution is -2.58. The molecule has 0 spiro atoms. The molecule has 1 amide bonds. The molecule has 2 atom stereocenters. The average molecular weight is 438 g/mol. The fourth-order valence-corrected chi connectivity index (χ4v) is 3.87. The van der Waals surface area contributed by atoms with Crippen molar-refractivity contribution in [1.29, 1.82) is 0 Å². The number of aromatic nitrogens is 4. The van der Waals surface area contributed by atoms with Crippen molar-refractivity contribution in [3.63, 3.8) is 0 Å². The van der Waals surface area contributed by atoms with Gasteiger partial charge in [-0.1, -0.05) is 0 Å². The smallest absolute Gasteiger partial charge is 0.418 e.